The van der Waals surface area contributed by atoms with Gasteiger partial charge in [0, 0.05) is 19.3 Å². The van der Waals surface area contributed by atoms with Crippen LogP contribution >= 0.6 is 0 Å². The van der Waals surface area contributed by atoms with Crippen LogP contribution in [0.1, 0.15) is 110 Å². The maximum Gasteiger partial charge on any atom is 0.362 e. The highest BCUT2D eigenvalue weighted by Gasteiger charge is 2.31. The molecule has 0 aromatic heterocycles. The van der Waals surface area contributed by atoms with Crippen LogP contribution in [0.25, 0.3) is 0 Å². The molecule has 0 saturated heterocycles. The number of allylic oxidation sites excluding steroid dienone is 22. The van der Waals surface area contributed by atoms with Gasteiger partial charge in [0.25, 0.3) is 0 Å². The van der Waals surface area contributed by atoms with Crippen molar-refractivity contribution >= 4 is 17.9 Å². The lowest BCUT2D eigenvalue weighted by Crippen LogP contribution is -2.50. The lowest BCUT2D eigenvalue weighted by molar-refractivity contribution is -0.887. The van der Waals surface area contributed by atoms with Gasteiger partial charge >= 0.3 is 17.9 Å². The second kappa shape index (κ2) is 39.3. The molecule has 2 atom stereocenters. The molecule has 0 amide bonds. The molecule has 0 aromatic rings. The molecule has 0 aliphatic carbocycles. The largest absolute Gasteiger partial charge is 0.477 e. The van der Waals surface area contributed by atoms with E-state index < -0.39 is 18.1 Å². The molecule has 0 heterocycles. The fourth-order valence-electron chi connectivity index (χ4n) is 5.32. The van der Waals surface area contributed by atoms with E-state index in [1.165, 1.54) is 0 Å². The van der Waals surface area contributed by atoms with Crippen molar-refractivity contribution in [3.8, 4) is 0 Å². The molecule has 2 unspecified atom stereocenters. The summed E-state index contributed by atoms with van der Waals surface area (Å²) in [6.07, 6.45) is 56.3. The Balaban J connectivity index is 4.56. The minimum absolute atomic E-state index is 0.0232. The molecule has 0 aromatic carbocycles. The van der Waals surface area contributed by atoms with Crippen molar-refractivity contribution < 1.29 is 38.2 Å². The molecule has 8 heteroatoms. The van der Waals surface area contributed by atoms with Crippen molar-refractivity contribution in [3.05, 3.63) is 134 Å². The second-order valence-electron chi connectivity index (χ2n) is 14.8. The lowest BCUT2D eigenvalue weighted by Gasteiger charge is -2.31. The van der Waals surface area contributed by atoms with Gasteiger partial charge in [0.1, 0.15) is 6.61 Å². The third-order valence-electron chi connectivity index (χ3n) is 8.58. The highest BCUT2D eigenvalue weighted by atomic mass is 16.6. The molecule has 0 rings (SSSR count). The number of hydrogen-bond donors (Lipinski definition) is 1. The summed E-state index contributed by atoms with van der Waals surface area (Å²) in [5.74, 6) is -1.58. The number of carboxylic acid groups (broad SMARTS) is 1. The van der Waals surface area contributed by atoms with Gasteiger partial charge in [-0.3, -0.25) is 9.59 Å². The van der Waals surface area contributed by atoms with Crippen LogP contribution in [-0.2, 0) is 28.6 Å². The van der Waals surface area contributed by atoms with Gasteiger partial charge in [-0.2, -0.15) is 0 Å². The maximum absolute atomic E-state index is 12.7. The Hall–Kier alpha value is -4.53. The average molecular weight is 803 g/mol. The number of rotatable bonds is 35. The number of carboxylic acids is 1. The zero-order valence-corrected chi connectivity index (χ0v) is 36.4. The first-order chi connectivity index (χ1) is 28.1. The summed E-state index contributed by atoms with van der Waals surface area (Å²) in [4.78, 5) is 37.0. The molecule has 8 nitrogen and oxygen atoms in total. The Morgan fingerprint density at radius 2 is 0.914 bits per heavy atom. The van der Waals surface area contributed by atoms with Crippen molar-refractivity contribution in [2.45, 2.75) is 122 Å². The molecule has 0 spiro atoms. The molecule has 0 aliphatic heterocycles. The van der Waals surface area contributed by atoms with Crippen LogP contribution in [-0.4, -0.2) is 80.6 Å². The zero-order chi connectivity index (χ0) is 42.8. The highest BCUT2D eigenvalue weighted by molar-refractivity contribution is 5.72. The van der Waals surface area contributed by atoms with Gasteiger partial charge in [0.2, 0.25) is 0 Å². The molecule has 0 fully saturated rings. The molecular formula is C50H76NO7+. The number of quaternary nitrogens is 1. The number of nitrogens with zero attached hydrogens (tertiary/aromatic N) is 1. The van der Waals surface area contributed by atoms with Crippen molar-refractivity contribution in [2.24, 2.45) is 0 Å². The van der Waals surface area contributed by atoms with E-state index in [0.29, 0.717) is 19.3 Å². The number of esters is 2. The molecule has 322 valence electrons. The van der Waals surface area contributed by atoms with Crippen molar-refractivity contribution in [1.82, 2.24) is 0 Å². The summed E-state index contributed by atoms with van der Waals surface area (Å²) >= 11 is 0. The average Bonchev–Trinajstić information content (AvgIpc) is 3.18. The first-order valence-electron chi connectivity index (χ1n) is 21.4. The Bertz CT molecular complexity index is 1400. The second-order valence-corrected chi connectivity index (χ2v) is 14.8. The van der Waals surface area contributed by atoms with Crippen LogP contribution in [0, 0.1) is 0 Å². The third kappa shape index (κ3) is 37.1. The summed E-state index contributed by atoms with van der Waals surface area (Å²) in [5.41, 5.74) is 0. The summed E-state index contributed by atoms with van der Waals surface area (Å²) < 4.78 is 17.2. The molecule has 58 heavy (non-hydrogen) atoms. The minimum atomic E-state index is -0.895. The topological polar surface area (TPSA) is 99.1 Å². The van der Waals surface area contributed by atoms with Crippen LogP contribution in [0.3, 0.4) is 0 Å². The Morgan fingerprint density at radius 3 is 1.36 bits per heavy atom. The summed E-state index contributed by atoms with van der Waals surface area (Å²) in [7, 11) is 5.48. The number of carbonyl (C=O) groups is 3. The Morgan fingerprint density at radius 1 is 0.517 bits per heavy atom. The first kappa shape index (κ1) is 53.5. The number of aliphatic carboxylic acids is 1. The molecule has 0 radical (unpaired) electrons. The van der Waals surface area contributed by atoms with Crippen LogP contribution in [0.2, 0.25) is 0 Å². The molecule has 0 saturated carbocycles. The molecule has 0 bridgehead atoms. The number of unbranched alkanes of at least 4 members (excludes halogenated alkanes) is 8. The van der Waals surface area contributed by atoms with E-state index in [-0.39, 0.29) is 42.7 Å². The smallest absolute Gasteiger partial charge is 0.362 e. The molecule has 1 N–H and O–H groups in total. The van der Waals surface area contributed by atoms with Gasteiger partial charge in [-0.15, -0.1) is 0 Å². The van der Waals surface area contributed by atoms with E-state index in [2.05, 4.69) is 44.2 Å². The van der Waals surface area contributed by atoms with Gasteiger partial charge in [-0.25, -0.2) is 4.79 Å². The summed E-state index contributed by atoms with van der Waals surface area (Å²) in [6, 6.07) is -0.637. The quantitative estimate of drug-likeness (QED) is 0.0295. The van der Waals surface area contributed by atoms with E-state index in [1.54, 1.807) is 0 Å². The van der Waals surface area contributed by atoms with Crippen LogP contribution in [0.4, 0.5) is 0 Å². The molecule has 0 aliphatic rings. The number of carbonyl (C=O) groups excluding carboxylic acids is 2. The van der Waals surface area contributed by atoms with Crippen LogP contribution in [0.5, 0.6) is 0 Å². The minimum Gasteiger partial charge on any atom is -0.477 e. The fourth-order valence-corrected chi connectivity index (χ4v) is 5.32. The summed E-state index contributed by atoms with van der Waals surface area (Å²) in [5, 5.41) is 9.62. The number of hydrogen-bond acceptors (Lipinski definition) is 6. The van der Waals surface area contributed by atoms with Crippen molar-refractivity contribution in [1.29, 1.82) is 0 Å². The Kier molecular flexibility index (Phi) is 36.2. The lowest BCUT2D eigenvalue weighted by atomic mass is 10.1. The Labute approximate surface area is 352 Å². The van der Waals surface area contributed by atoms with Crippen molar-refractivity contribution in [2.75, 3.05) is 41.0 Å². The van der Waals surface area contributed by atoms with Crippen molar-refractivity contribution in [3.63, 3.8) is 0 Å². The predicted octanol–water partition coefficient (Wildman–Crippen LogP) is 11.6. The van der Waals surface area contributed by atoms with E-state index in [0.717, 1.165) is 70.6 Å². The van der Waals surface area contributed by atoms with E-state index in [4.69, 9.17) is 14.2 Å². The predicted molar refractivity (Wildman–Crippen MR) is 242 cm³/mol. The van der Waals surface area contributed by atoms with Crippen LogP contribution < -0.4 is 0 Å². The van der Waals surface area contributed by atoms with Crippen LogP contribution in [0.15, 0.2) is 134 Å². The summed E-state index contributed by atoms with van der Waals surface area (Å²) in [6.45, 7) is 4.33. The maximum atomic E-state index is 12.7. The first-order valence-corrected chi connectivity index (χ1v) is 21.4. The highest BCUT2D eigenvalue weighted by Crippen LogP contribution is 2.12. The monoisotopic (exact) mass is 803 g/mol. The van der Waals surface area contributed by atoms with E-state index in [9.17, 15) is 19.5 Å². The van der Waals surface area contributed by atoms with E-state index in [1.807, 2.05) is 124 Å². The normalized spacial score (nSPS) is 14.3. The van der Waals surface area contributed by atoms with Gasteiger partial charge in [0.15, 0.2) is 12.1 Å². The van der Waals surface area contributed by atoms with E-state index >= 15 is 0 Å². The zero-order valence-electron chi connectivity index (χ0n) is 36.4. The van der Waals surface area contributed by atoms with Gasteiger partial charge in [-0.05, 0) is 51.4 Å². The molecular weight excluding hydrogens is 727 g/mol. The third-order valence-corrected chi connectivity index (χ3v) is 8.58. The van der Waals surface area contributed by atoms with Gasteiger partial charge < -0.3 is 23.8 Å². The number of ether oxygens (including phenoxy) is 3. The van der Waals surface area contributed by atoms with Gasteiger partial charge in [0.05, 0.1) is 34.4 Å². The SMILES string of the molecule is CC/C=C/C=C/C=C/C=C/C=C/C=C/C=C/CCCCCC(=O)OC(COCCC(C(=O)O)[N+](C)(C)C)COC(=O)CCCCCCC/C=C/C=C/C=C/C=C/CC. The fraction of sp³-hybridized carbons (Fsp3) is 0.500. The van der Waals surface area contributed by atoms with Gasteiger partial charge in [-0.1, -0.05) is 173 Å². The standard InChI is InChI=1S/C50H75NO7/c1-6-8-10-12-14-16-18-20-22-23-24-25-27-29-31-33-35-37-39-41-49(53)58-46(44-56-43-42-47(50(54)55)51(3,4)5)45-57-48(52)40-38-36-34-32-30-28-26-21-19-17-15-13-11-9-7-2/h8-27,29,31,46-47H,6-7,28,30,32-45H2,1-5H3/p+1/b10-8+,11-9+,14-12+,15-13+,18-16+,19-17+,22-20+,24-23+,26-21+,27-25+,31-29+. The number of likely N-dealkylation sites (N-methyl/N-ethyl adjacent to an activating group) is 1.